The van der Waals surface area contributed by atoms with Crippen molar-refractivity contribution in [3.63, 3.8) is 0 Å². The van der Waals surface area contributed by atoms with Crippen LogP contribution in [-0.4, -0.2) is 16.8 Å². The maximum atomic E-state index is 5.50. The quantitative estimate of drug-likeness (QED) is 0.845. The lowest BCUT2D eigenvalue weighted by molar-refractivity contribution is 0.174. The van der Waals surface area contributed by atoms with Gasteiger partial charge in [0.05, 0.1) is 12.4 Å². The van der Waals surface area contributed by atoms with Crippen molar-refractivity contribution in [2.75, 3.05) is 12.5 Å². The maximum absolute atomic E-state index is 5.50. The molecule has 0 bridgehead atoms. The highest BCUT2D eigenvalue weighted by Crippen LogP contribution is 2.36. The summed E-state index contributed by atoms with van der Waals surface area (Å²) in [6.45, 7) is 0.233. The Morgan fingerprint density at radius 1 is 1.18 bits per heavy atom. The topological polar surface area (TPSA) is 79.5 Å². The van der Waals surface area contributed by atoms with Gasteiger partial charge in [0.15, 0.2) is 11.5 Å². The first-order chi connectivity index (χ1) is 8.31. The van der Waals surface area contributed by atoms with Crippen molar-refractivity contribution in [1.29, 1.82) is 0 Å². The number of hydrogen-bond acceptors (Lipinski definition) is 6. The minimum atomic E-state index is 0.233. The summed E-state index contributed by atoms with van der Waals surface area (Å²) in [7, 11) is 0. The first-order valence-electron chi connectivity index (χ1n) is 4.96. The van der Waals surface area contributed by atoms with Gasteiger partial charge in [0.25, 0.3) is 0 Å². The van der Waals surface area contributed by atoms with E-state index in [2.05, 4.69) is 9.97 Å². The average Bonchev–Trinajstić information content (AvgIpc) is 2.76. The molecule has 3 rings (SSSR count). The van der Waals surface area contributed by atoms with Crippen molar-refractivity contribution in [3.8, 4) is 23.1 Å². The van der Waals surface area contributed by atoms with Gasteiger partial charge in [-0.25, -0.2) is 0 Å². The van der Waals surface area contributed by atoms with Gasteiger partial charge in [0.1, 0.15) is 11.6 Å². The number of nitrogen functional groups attached to an aromatic ring is 1. The molecule has 86 valence electrons. The Kier molecular flexibility index (Phi) is 2.18. The molecule has 0 saturated carbocycles. The Morgan fingerprint density at radius 2 is 2.06 bits per heavy atom. The number of rotatable bonds is 2. The minimum absolute atomic E-state index is 0.233. The molecule has 2 aromatic rings. The van der Waals surface area contributed by atoms with Gasteiger partial charge in [-0.1, -0.05) is 0 Å². The van der Waals surface area contributed by atoms with E-state index in [4.69, 9.17) is 19.9 Å². The third-order valence-electron chi connectivity index (χ3n) is 2.20. The Bertz CT molecular complexity index is 559. The van der Waals surface area contributed by atoms with E-state index in [0.29, 0.717) is 28.9 Å². The lowest BCUT2D eigenvalue weighted by Crippen LogP contribution is -1.94. The zero-order valence-electron chi connectivity index (χ0n) is 8.79. The fourth-order valence-corrected chi connectivity index (χ4v) is 1.47. The van der Waals surface area contributed by atoms with Gasteiger partial charge in [0.2, 0.25) is 12.7 Å². The molecule has 1 aliphatic heterocycles. The SMILES string of the molecule is Nc1cncc(Oc2ccc3c(c2)OCO3)n1. The molecule has 0 radical (unpaired) electrons. The molecule has 6 nitrogen and oxygen atoms in total. The molecule has 0 fully saturated rings. The molecule has 2 heterocycles. The van der Waals surface area contributed by atoms with Crippen LogP contribution in [0.1, 0.15) is 0 Å². The molecule has 2 N–H and O–H groups in total. The second kappa shape index (κ2) is 3.82. The number of anilines is 1. The molecule has 0 aliphatic carbocycles. The first kappa shape index (κ1) is 9.71. The Balaban J connectivity index is 1.86. The van der Waals surface area contributed by atoms with Crippen molar-refractivity contribution in [3.05, 3.63) is 30.6 Å². The number of fused-ring (bicyclic) bond motifs is 1. The van der Waals surface area contributed by atoms with Gasteiger partial charge in [-0.2, -0.15) is 4.98 Å². The average molecular weight is 231 g/mol. The molecule has 1 aromatic heterocycles. The zero-order valence-corrected chi connectivity index (χ0v) is 8.79. The molecule has 0 unspecified atom stereocenters. The van der Waals surface area contributed by atoms with Gasteiger partial charge in [0, 0.05) is 6.07 Å². The van der Waals surface area contributed by atoms with E-state index in [1.165, 1.54) is 12.4 Å². The fraction of sp³-hybridized carbons (Fsp3) is 0.0909. The fourth-order valence-electron chi connectivity index (χ4n) is 1.47. The van der Waals surface area contributed by atoms with Gasteiger partial charge < -0.3 is 19.9 Å². The number of benzene rings is 1. The summed E-state index contributed by atoms with van der Waals surface area (Å²) in [5.74, 6) is 2.59. The molecule has 1 aromatic carbocycles. The molecule has 0 amide bonds. The highest BCUT2D eigenvalue weighted by atomic mass is 16.7. The normalized spacial score (nSPS) is 12.5. The van der Waals surface area contributed by atoms with E-state index in [1.807, 2.05) is 0 Å². The number of aromatic nitrogens is 2. The van der Waals surface area contributed by atoms with Crippen LogP contribution in [0.5, 0.6) is 23.1 Å². The van der Waals surface area contributed by atoms with Crippen LogP contribution in [0.25, 0.3) is 0 Å². The highest BCUT2D eigenvalue weighted by molar-refractivity contribution is 5.47. The summed E-state index contributed by atoms with van der Waals surface area (Å²) < 4.78 is 15.9. The molecule has 0 spiro atoms. The van der Waals surface area contributed by atoms with Crippen LogP contribution in [0.2, 0.25) is 0 Å². The van der Waals surface area contributed by atoms with Crippen LogP contribution in [0.4, 0.5) is 5.82 Å². The van der Waals surface area contributed by atoms with Crippen molar-refractivity contribution < 1.29 is 14.2 Å². The van der Waals surface area contributed by atoms with E-state index in [1.54, 1.807) is 18.2 Å². The molecule has 17 heavy (non-hydrogen) atoms. The van der Waals surface area contributed by atoms with Gasteiger partial charge in [-0.3, -0.25) is 4.98 Å². The van der Waals surface area contributed by atoms with Crippen LogP contribution in [0.15, 0.2) is 30.6 Å². The molecule has 6 heteroatoms. The van der Waals surface area contributed by atoms with Crippen LogP contribution in [-0.2, 0) is 0 Å². The Morgan fingerprint density at radius 3 is 2.94 bits per heavy atom. The summed E-state index contributed by atoms with van der Waals surface area (Å²) in [5.41, 5.74) is 5.50. The monoisotopic (exact) mass is 231 g/mol. The minimum Gasteiger partial charge on any atom is -0.454 e. The van der Waals surface area contributed by atoms with E-state index in [9.17, 15) is 0 Å². The molecule has 0 atom stereocenters. The standard InChI is InChI=1S/C11H9N3O3/c12-10-4-13-5-11(14-10)17-7-1-2-8-9(3-7)16-6-15-8/h1-5H,6H2,(H2,12,14). The van der Waals surface area contributed by atoms with Gasteiger partial charge in [-0.05, 0) is 12.1 Å². The second-order valence-electron chi connectivity index (χ2n) is 3.40. The highest BCUT2D eigenvalue weighted by Gasteiger charge is 2.14. The van der Waals surface area contributed by atoms with E-state index >= 15 is 0 Å². The van der Waals surface area contributed by atoms with E-state index < -0.39 is 0 Å². The van der Waals surface area contributed by atoms with Crippen LogP contribution < -0.4 is 19.9 Å². The summed E-state index contributed by atoms with van der Waals surface area (Å²) in [5, 5.41) is 0. The smallest absolute Gasteiger partial charge is 0.239 e. The van der Waals surface area contributed by atoms with Crippen LogP contribution in [0, 0.1) is 0 Å². The summed E-state index contributed by atoms with van der Waals surface area (Å²) in [6.07, 6.45) is 2.94. The summed E-state index contributed by atoms with van der Waals surface area (Å²) in [4.78, 5) is 7.87. The van der Waals surface area contributed by atoms with Crippen molar-refractivity contribution >= 4 is 5.82 Å². The number of nitrogens with two attached hydrogens (primary N) is 1. The maximum Gasteiger partial charge on any atom is 0.239 e. The Labute approximate surface area is 97.0 Å². The first-order valence-corrected chi connectivity index (χ1v) is 4.96. The molecule has 0 saturated heterocycles. The lowest BCUT2D eigenvalue weighted by atomic mass is 10.3. The summed E-state index contributed by atoms with van der Waals surface area (Å²) in [6, 6.07) is 5.27. The summed E-state index contributed by atoms with van der Waals surface area (Å²) >= 11 is 0. The third-order valence-corrected chi connectivity index (χ3v) is 2.20. The van der Waals surface area contributed by atoms with Gasteiger partial charge >= 0.3 is 0 Å². The van der Waals surface area contributed by atoms with E-state index in [-0.39, 0.29) is 6.79 Å². The second-order valence-corrected chi connectivity index (χ2v) is 3.40. The molecular weight excluding hydrogens is 222 g/mol. The largest absolute Gasteiger partial charge is 0.454 e. The molecular formula is C11H9N3O3. The van der Waals surface area contributed by atoms with E-state index in [0.717, 1.165) is 0 Å². The zero-order chi connectivity index (χ0) is 11.7. The predicted molar refractivity (Wildman–Crippen MR) is 59.1 cm³/mol. The Hall–Kier alpha value is -2.50. The van der Waals surface area contributed by atoms with Crippen molar-refractivity contribution in [1.82, 2.24) is 9.97 Å². The van der Waals surface area contributed by atoms with Crippen molar-refractivity contribution in [2.24, 2.45) is 0 Å². The predicted octanol–water partition coefficient (Wildman–Crippen LogP) is 1.58. The van der Waals surface area contributed by atoms with Crippen LogP contribution in [0.3, 0.4) is 0 Å². The van der Waals surface area contributed by atoms with Crippen LogP contribution >= 0.6 is 0 Å². The lowest BCUT2D eigenvalue weighted by Gasteiger charge is -2.05. The number of nitrogens with zero attached hydrogens (tertiary/aromatic N) is 2. The molecule has 1 aliphatic rings. The third kappa shape index (κ3) is 1.92. The van der Waals surface area contributed by atoms with Crippen molar-refractivity contribution in [2.45, 2.75) is 0 Å². The number of ether oxygens (including phenoxy) is 3. The number of hydrogen-bond donors (Lipinski definition) is 1. The van der Waals surface area contributed by atoms with Gasteiger partial charge in [-0.15, -0.1) is 0 Å².